The van der Waals surface area contributed by atoms with Crippen LogP contribution in [0.25, 0.3) is 0 Å². The van der Waals surface area contributed by atoms with E-state index in [4.69, 9.17) is 13.0 Å². The van der Waals surface area contributed by atoms with E-state index >= 15 is 0 Å². The summed E-state index contributed by atoms with van der Waals surface area (Å²) in [6, 6.07) is 0. The number of hydrogen-bond donors (Lipinski definition) is 0. The van der Waals surface area contributed by atoms with Crippen LogP contribution in [0.1, 0.15) is 87.0 Å². The molecule has 6 atom stereocenters. The average Bonchev–Trinajstić information content (AvgIpc) is 3.14. The maximum atomic E-state index is 12.4. The molecular formula is C30H58O5SSi2. The predicted octanol–water partition coefficient (Wildman–Crippen LogP) is 7.45. The first kappa shape index (κ1) is 33.8. The SMILES string of the molecule is C=C1C[C@H]2[C@@H](/C(=C\[C@H](CCCCC)C(C)(C)C)O[SiH](C)C)[C@H](C(C)(C)C)C[C@@]2(O[SiH](C)C)C1OS(C)(=O)=O. The number of rotatable bonds is 12. The van der Waals surface area contributed by atoms with Crippen molar-refractivity contribution in [2.24, 2.45) is 34.5 Å². The Kier molecular flexibility index (Phi) is 11.2. The van der Waals surface area contributed by atoms with Crippen molar-refractivity contribution < 1.29 is 21.5 Å². The van der Waals surface area contributed by atoms with Crippen LogP contribution in [0, 0.1) is 34.5 Å². The summed E-state index contributed by atoms with van der Waals surface area (Å²) < 4.78 is 44.5. The van der Waals surface area contributed by atoms with Crippen molar-refractivity contribution in [3.8, 4) is 0 Å². The molecule has 0 aliphatic heterocycles. The molecule has 0 heterocycles. The van der Waals surface area contributed by atoms with Crippen molar-refractivity contribution in [1.29, 1.82) is 0 Å². The van der Waals surface area contributed by atoms with Gasteiger partial charge in [0.15, 0.2) is 9.04 Å². The monoisotopic (exact) mass is 586 g/mol. The molecule has 0 bridgehead atoms. The first-order chi connectivity index (χ1) is 17.2. The summed E-state index contributed by atoms with van der Waals surface area (Å²) >= 11 is 0. The molecule has 0 amide bonds. The third-order valence-electron chi connectivity index (χ3n) is 8.47. The molecule has 2 saturated carbocycles. The summed E-state index contributed by atoms with van der Waals surface area (Å²) in [4.78, 5) is 0. The van der Waals surface area contributed by atoms with Gasteiger partial charge in [-0.2, -0.15) is 8.42 Å². The van der Waals surface area contributed by atoms with Gasteiger partial charge < -0.3 is 8.85 Å². The molecule has 8 heteroatoms. The van der Waals surface area contributed by atoms with E-state index in [-0.39, 0.29) is 28.6 Å². The third kappa shape index (κ3) is 8.31. The van der Waals surface area contributed by atoms with Crippen molar-refractivity contribution in [2.75, 3.05) is 6.26 Å². The lowest BCUT2D eigenvalue weighted by atomic mass is 9.70. The molecule has 2 fully saturated rings. The average molecular weight is 587 g/mol. The summed E-state index contributed by atoms with van der Waals surface area (Å²) in [7, 11) is -6.65. The van der Waals surface area contributed by atoms with Gasteiger partial charge in [0.05, 0.1) is 17.6 Å². The first-order valence-corrected chi connectivity index (χ1v) is 22.2. The van der Waals surface area contributed by atoms with E-state index in [0.717, 1.165) is 30.4 Å². The molecule has 2 aliphatic carbocycles. The fraction of sp³-hybridized carbons (Fsp3) is 0.867. The van der Waals surface area contributed by atoms with Gasteiger partial charge in [0.2, 0.25) is 9.04 Å². The fourth-order valence-electron chi connectivity index (χ4n) is 6.82. The highest BCUT2D eigenvalue weighted by Gasteiger charge is 2.66. The highest BCUT2D eigenvalue weighted by Crippen LogP contribution is 2.63. The van der Waals surface area contributed by atoms with Crippen LogP contribution in [0.2, 0.25) is 26.2 Å². The fourth-order valence-corrected chi connectivity index (χ4v) is 9.53. The van der Waals surface area contributed by atoms with Gasteiger partial charge in [0.25, 0.3) is 10.1 Å². The second-order valence-electron chi connectivity index (χ2n) is 14.7. The number of allylic oxidation sites excluding steroid dienone is 2. The highest BCUT2D eigenvalue weighted by atomic mass is 32.2. The smallest absolute Gasteiger partial charge is 0.265 e. The van der Waals surface area contributed by atoms with Gasteiger partial charge in [-0.05, 0) is 79.8 Å². The van der Waals surface area contributed by atoms with Crippen molar-refractivity contribution in [2.45, 2.75) is 125 Å². The van der Waals surface area contributed by atoms with Crippen molar-refractivity contribution in [3.63, 3.8) is 0 Å². The Balaban J connectivity index is 2.74. The minimum absolute atomic E-state index is 0.0126. The van der Waals surface area contributed by atoms with E-state index in [0.29, 0.717) is 12.3 Å². The zero-order valence-electron chi connectivity index (χ0n) is 26.5. The molecule has 1 unspecified atom stereocenters. The van der Waals surface area contributed by atoms with Gasteiger partial charge in [-0.25, -0.2) is 0 Å². The Morgan fingerprint density at radius 3 is 2.16 bits per heavy atom. The molecule has 0 aromatic carbocycles. The van der Waals surface area contributed by atoms with Crippen molar-refractivity contribution >= 4 is 28.2 Å². The van der Waals surface area contributed by atoms with Crippen molar-refractivity contribution in [3.05, 3.63) is 24.0 Å². The molecule has 0 spiro atoms. The Bertz CT molecular complexity index is 945. The summed E-state index contributed by atoms with van der Waals surface area (Å²) in [5.74, 6) is 2.01. The second-order valence-corrected chi connectivity index (χ2v) is 20.9. The van der Waals surface area contributed by atoms with E-state index in [9.17, 15) is 8.42 Å². The standard InChI is InChI=1S/C30H58O5SSi2/c1-14-15-16-17-22(28(3,4)5)19-25(34-37(10)11)26-23-18-21(2)27(33-36(9,31)32)30(23,35-38(12)13)20-24(26)29(6,7)8/h19,22-24,26-27,37-38H,2,14-18,20H2,1,3-13H3/b25-19+/t22-,23-,24+,26+,27?,30-/m0/s1. The zero-order chi connectivity index (χ0) is 29.3. The van der Waals surface area contributed by atoms with Crippen LogP contribution < -0.4 is 0 Å². The Morgan fingerprint density at radius 1 is 1.11 bits per heavy atom. The lowest BCUT2D eigenvalue weighted by Gasteiger charge is -2.38. The van der Waals surface area contributed by atoms with Crippen LogP contribution in [0.3, 0.4) is 0 Å². The minimum Gasteiger partial charge on any atom is -0.550 e. The second kappa shape index (κ2) is 12.6. The van der Waals surface area contributed by atoms with E-state index in [1.54, 1.807) is 0 Å². The lowest BCUT2D eigenvalue weighted by molar-refractivity contribution is -0.0321. The molecule has 222 valence electrons. The van der Waals surface area contributed by atoms with Crippen LogP contribution in [-0.2, 0) is 23.2 Å². The summed E-state index contributed by atoms with van der Waals surface area (Å²) in [6.45, 7) is 29.4. The maximum absolute atomic E-state index is 12.4. The summed E-state index contributed by atoms with van der Waals surface area (Å²) in [5.41, 5.74) is 0.255. The molecule has 0 radical (unpaired) electrons. The normalized spacial score (nSPS) is 29.8. The minimum atomic E-state index is -3.68. The first-order valence-electron chi connectivity index (χ1n) is 14.8. The highest BCUT2D eigenvalue weighted by molar-refractivity contribution is 7.86. The summed E-state index contributed by atoms with van der Waals surface area (Å²) in [5, 5.41) is 0. The van der Waals surface area contributed by atoms with Crippen LogP contribution in [0.4, 0.5) is 0 Å². The quantitative estimate of drug-likeness (QED) is 0.0781. The molecular weight excluding hydrogens is 529 g/mol. The van der Waals surface area contributed by atoms with Gasteiger partial charge in [0.1, 0.15) is 6.10 Å². The van der Waals surface area contributed by atoms with E-state index in [2.05, 4.69) is 87.3 Å². The molecule has 5 nitrogen and oxygen atoms in total. The predicted molar refractivity (Wildman–Crippen MR) is 166 cm³/mol. The largest absolute Gasteiger partial charge is 0.550 e. The van der Waals surface area contributed by atoms with Crippen LogP contribution in [0.5, 0.6) is 0 Å². The Hall–Kier alpha value is -0.416. The lowest BCUT2D eigenvalue weighted by Crippen LogP contribution is -2.48. The van der Waals surface area contributed by atoms with E-state index < -0.39 is 39.9 Å². The molecule has 2 aliphatic rings. The van der Waals surface area contributed by atoms with Gasteiger partial charge in [0, 0.05) is 11.8 Å². The topological polar surface area (TPSA) is 61.8 Å². The molecule has 0 N–H and O–H groups in total. The van der Waals surface area contributed by atoms with Crippen LogP contribution >= 0.6 is 0 Å². The Morgan fingerprint density at radius 2 is 1.71 bits per heavy atom. The van der Waals surface area contributed by atoms with Gasteiger partial charge >= 0.3 is 0 Å². The van der Waals surface area contributed by atoms with Crippen molar-refractivity contribution in [1.82, 2.24) is 0 Å². The zero-order valence-corrected chi connectivity index (χ0v) is 29.6. The van der Waals surface area contributed by atoms with Crippen LogP contribution in [0.15, 0.2) is 24.0 Å². The number of fused-ring (bicyclic) bond motifs is 1. The van der Waals surface area contributed by atoms with E-state index in [1.165, 1.54) is 19.3 Å². The Labute approximate surface area is 238 Å². The van der Waals surface area contributed by atoms with Gasteiger partial charge in [-0.1, -0.05) is 74.3 Å². The third-order valence-corrected chi connectivity index (χ3v) is 10.7. The van der Waals surface area contributed by atoms with Gasteiger partial charge in [-0.15, -0.1) is 0 Å². The van der Waals surface area contributed by atoms with Gasteiger partial charge in [-0.3, -0.25) is 4.18 Å². The molecule has 38 heavy (non-hydrogen) atoms. The maximum Gasteiger partial charge on any atom is 0.265 e. The molecule has 0 aromatic rings. The number of hydrogen-bond acceptors (Lipinski definition) is 5. The number of unbranched alkanes of at least 4 members (excludes halogenated alkanes) is 2. The van der Waals surface area contributed by atoms with Crippen LogP contribution in [-0.4, -0.2) is 44.5 Å². The molecule has 0 saturated heterocycles. The molecule has 2 rings (SSSR count). The summed E-state index contributed by atoms with van der Waals surface area (Å²) in [6.07, 6.45) is 9.25. The van der Waals surface area contributed by atoms with E-state index in [1.807, 2.05) is 0 Å². The molecule has 0 aromatic heterocycles.